The van der Waals surface area contributed by atoms with Gasteiger partial charge in [-0.25, -0.2) is 4.57 Å². The van der Waals surface area contributed by atoms with E-state index in [4.69, 9.17) is 18.5 Å². The van der Waals surface area contributed by atoms with Crippen LogP contribution in [0, 0.1) is 0 Å². The van der Waals surface area contributed by atoms with Crippen molar-refractivity contribution in [1.29, 1.82) is 0 Å². The van der Waals surface area contributed by atoms with E-state index in [2.05, 4.69) is 74.6 Å². The van der Waals surface area contributed by atoms with Crippen LogP contribution in [0.3, 0.4) is 0 Å². The van der Waals surface area contributed by atoms with E-state index in [1.165, 1.54) is 353 Å². The number of quaternary nitrogens is 1. The maximum atomic E-state index is 12.9. The number of likely N-dealkylation sites (N-methyl/N-ethyl adjacent to an activating group) is 1. The number of carbonyl (C=O) groups is 2. The number of unbranched alkanes of at least 4 members (excludes halogenated alkanes) is 57. The Kier molecular flexibility index (Phi) is 77.0. The predicted octanol–water partition coefficient (Wildman–Crippen LogP) is 28.8. The summed E-state index contributed by atoms with van der Waals surface area (Å²) in [7, 11) is 1.50. The lowest BCUT2D eigenvalue weighted by molar-refractivity contribution is -0.870. The Bertz CT molecular complexity index is 1840. The Labute approximate surface area is 610 Å². The summed E-state index contributed by atoms with van der Waals surface area (Å²) in [5.74, 6) is -0.772. The highest BCUT2D eigenvalue weighted by Gasteiger charge is 2.27. The Morgan fingerprint density at radius 1 is 0.316 bits per heavy atom. The van der Waals surface area contributed by atoms with Crippen molar-refractivity contribution in [3.63, 3.8) is 0 Å². The summed E-state index contributed by atoms with van der Waals surface area (Å²) in [5.41, 5.74) is 0. The summed E-state index contributed by atoms with van der Waals surface area (Å²) in [6, 6.07) is 0. The highest BCUT2D eigenvalue weighted by atomic mass is 31.2. The molecule has 10 heteroatoms. The van der Waals surface area contributed by atoms with E-state index in [1.807, 2.05) is 21.1 Å². The van der Waals surface area contributed by atoms with Crippen molar-refractivity contribution in [2.24, 2.45) is 0 Å². The number of phosphoric acid groups is 1. The smallest absolute Gasteiger partial charge is 0.462 e. The third kappa shape index (κ3) is 82.7. The van der Waals surface area contributed by atoms with Crippen LogP contribution in [-0.2, 0) is 32.7 Å². The summed E-state index contributed by atoms with van der Waals surface area (Å²) >= 11 is 0. The van der Waals surface area contributed by atoms with E-state index < -0.39 is 26.5 Å². The highest BCUT2D eigenvalue weighted by Crippen LogP contribution is 2.43. The van der Waals surface area contributed by atoms with Gasteiger partial charge in [0, 0.05) is 12.8 Å². The van der Waals surface area contributed by atoms with E-state index in [0.29, 0.717) is 23.9 Å². The zero-order valence-corrected chi connectivity index (χ0v) is 66.9. The van der Waals surface area contributed by atoms with Crippen molar-refractivity contribution in [1.82, 2.24) is 0 Å². The van der Waals surface area contributed by atoms with E-state index in [-0.39, 0.29) is 25.6 Å². The lowest BCUT2D eigenvalue weighted by Crippen LogP contribution is -2.37. The van der Waals surface area contributed by atoms with Crippen LogP contribution in [-0.4, -0.2) is 74.9 Å². The van der Waals surface area contributed by atoms with Gasteiger partial charge < -0.3 is 18.9 Å². The molecule has 0 radical (unpaired) electrons. The average Bonchev–Trinajstić information content (AvgIpc) is 1.08. The number of carbonyl (C=O) groups excluding carboxylic acids is 2. The van der Waals surface area contributed by atoms with Crippen LogP contribution < -0.4 is 0 Å². The number of esters is 2. The number of hydrogen-bond acceptors (Lipinski definition) is 7. The van der Waals surface area contributed by atoms with Crippen LogP contribution in [0.25, 0.3) is 0 Å². The molecule has 2 atom stereocenters. The lowest BCUT2D eigenvalue weighted by atomic mass is 10.0. The highest BCUT2D eigenvalue weighted by molar-refractivity contribution is 7.47. The van der Waals surface area contributed by atoms with Crippen LogP contribution in [0.2, 0.25) is 0 Å². The minimum atomic E-state index is -4.40. The molecule has 0 amide bonds. The SMILES string of the molecule is CCCCCCC/C=C\C/C=C\C/C=C\CCCCCCCCCCCCCCCCCCCCCCCCCCCCC(=O)OC(COC(=O)CCCCCCCCCCCCCCCCCCCCCCC/C=C\C/C=C\CCCCCCC)COP(=O)(O)OCC[N+](C)(C)C. The Morgan fingerprint density at radius 3 is 0.816 bits per heavy atom. The van der Waals surface area contributed by atoms with Crippen LogP contribution in [0.15, 0.2) is 60.8 Å². The van der Waals surface area contributed by atoms with Crippen LogP contribution in [0.1, 0.15) is 438 Å². The number of hydrogen-bond donors (Lipinski definition) is 1. The first-order valence-electron chi connectivity index (χ1n) is 43.0. The first-order chi connectivity index (χ1) is 48.0. The molecule has 2 unspecified atom stereocenters. The fraction of sp³-hybridized carbons (Fsp3) is 0.864. The molecule has 0 aromatic rings. The Hall–Kier alpha value is -2.29. The molecule has 1 N–H and O–H groups in total. The normalized spacial score (nSPS) is 13.2. The van der Waals surface area contributed by atoms with E-state index >= 15 is 0 Å². The van der Waals surface area contributed by atoms with E-state index in [1.54, 1.807) is 0 Å². The van der Waals surface area contributed by atoms with Crippen molar-refractivity contribution >= 4 is 19.8 Å². The van der Waals surface area contributed by atoms with Gasteiger partial charge in [0.2, 0.25) is 0 Å². The minimum Gasteiger partial charge on any atom is -0.462 e. The molecule has 0 fully saturated rings. The third-order valence-electron chi connectivity index (χ3n) is 19.5. The quantitative estimate of drug-likeness (QED) is 0.0211. The van der Waals surface area contributed by atoms with Gasteiger partial charge in [-0.05, 0) is 83.5 Å². The maximum Gasteiger partial charge on any atom is 0.472 e. The number of ether oxygens (including phenoxy) is 2. The summed E-state index contributed by atoms with van der Waals surface area (Å²) in [6.07, 6.45) is 107. The third-order valence-corrected chi connectivity index (χ3v) is 20.5. The average molecular weight is 1400 g/mol. The molecule has 0 rings (SSSR count). The zero-order valence-electron chi connectivity index (χ0n) is 66.0. The van der Waals surface area contributed by atoms with Gasteiger partial charge in [0.1, 0.15) is 19.8 Å². The van der Waals surface area contributed by atoms with Gasteiger partial charge in [0.05, 0.1) is 27.7 Å². The minimum absolute atomic E-state index is 0.0345. The second-order valence-electron chi connectivity index (χ2n) is 30.6. The second kappa shape index (κ2) is 78.8. The molecule has 0 aliphatic carbocycles. The zero-order chi connectivity index (χ0) is 71.1. The molecule has 0 saturated carbocycles. The van der Waals surface area contributed by atoms with Gasteiger partial charge in [-0.2, -0.15) is 0 Å². The number of nitrogens with zero attached hydrogens (tertiary/aromatic N) is 1. The molecule has 0 saturated heterocycles. The van der Waals surface area contributed by atoms with Gasteiger partial charge in [0.15, 0.2) is 6.10 Å². The van der Waals surface area contributed by atoms with Crippen molar-refractivity contribution in [3.8, 4) is 0 Å². The van der Waals surface area contributed by atoms with Gasteiger partial charge in [-0.1, -0.05) is 402 Å². The van der Waals surface area contributed by atoms with E-state index in [9.17, 15) is 19.0 Å². The Balaban J connectivity index is 3.87. The van der Waals surface area contributed by atoms with Gasteiger partial charge in [0.25, 0.3) is 0 Å². The standard InChI is InChI=1S/C88H166NO8P/c1-6-8-10-12-14-16-18-20-22-24-26-28-30-32-34-36-38-40-41-42-43-44-45-46-47-49-51-53-55-57-59-61-63-65-67-69-71-73-75-77-79-81-88(91)97-86(85-96-98(92,93)95-83-82-89(3,4)5)84-94-87(90)80-78-76-74-72-70-68-66-64-62-60-58-56-54-52-50-48-39-37-35-33-31-29-27-25-23-21-19-17-15-13-11-9-7-2/h18-21,24-27,30,32,86H,6-17,22-23,28-29,31,33-85H2,1-5H3/p+1/b20-18-,21-19-,26-24-,27-25-,32-30-. The molecule has 0 aliphatic rings. The molecular weight excluding hydrogens is 1230 g/mol. The van der Waals surface area contributed by atoms with Gasteiger partial charge in [-0.15, -0.1) is 0 Å². The molecule has 0 bridgehead atoms. The summed E-state index contributed by atoms with van der Waals surface area (Å²) in [4.78, 5) is 36.0. The fourth-order valence-electron chi connectivity index (χ4n) is 12.9. The van der Waals surface area contributed by atoms with Crippen molar-refractivity contribution < 1.29 is 42.1 Å². The van der Waals surface area contributed by atoms with Gasteiger partial charge in [-0.3, -0.25) is 18.6 Å². The molecule has 0 heterocycles. The topological polar surface area (TPSA) is 108 Å². The largest absolute Gasteiger partial charge is 0.472 e. The molecule has 0 spiro atoms. The van der Waals surface area contributed by atoms with Crippen LogP contribution in [0.4, 0.5) is 0 Å². The van der Waals surface area contributed by atoms with Gasteiger partial charge >= 0.3 is 19.8 Å². The molecule has 0 aromatic heterocycles. The first kappa shape index (κ1) is 95.7. The lowest BCUT2D eigenvalue weighted by Gasteiger charge is -2.24. The van der Waals surface area contributed by atoms with Crippen molar-refractivity contribution in [2.45, 2.75) is 444 Å². The molecule has 0 aliphatic heterocycles. The summed E-state index contributed by atoms with van der Waals surface area (Å²) < 4.78 is 34.9. The first-order valence-corrected chi connectivity index (χ1v) is 44.5. The Morgan fingerprint density at radius 2 is 0.551 bits per heavy atom. The summed E-state index contributed by atoms with van der Waals surface area (Å²) in [5, 5.41) is 0. The summed E-state index contributed by atoms with van der Waals surface area (Å²) in [6.45, 7) is 4.49. The van der Waals surface area contributed by atoms with Crippen molar-refractivity contribution in [3.05, 3.63) is 60.8 Å². The van der Waals surface area contributed by atoms with Crippen LogP contribution in [0.5, 0.6) is 0 Å². The van der Waals surface area contributed by atoms with Crippen LogP contribution >= 0.6 is 7.82 Å². The molecular formula is C88H167NO8P+. The molecule has 0 aromatic carbocycles. The molecule has 98 heavy (non-hydrogen) atoms. The fourth-order valence-corrected chi connectivity index (χ4v) is 13.7. The second-order valence-corrected chi connectivity index (χ2v) is 32.0. The molecule has 576 valence electrons. The number of phosphoric ester groups is 1. The number of allylic oxidation sites excluding steroid dienone is 10. The predicted molar refractivity (Wildman–Crippen MR) is 427 cm³/mol. The maximum absolute atomic E-state index is 12.9. The molecule has 9 nitrogen and oxygen atoms in total. The van der Waals surface area contributed by atoms with Crippen molar-refractivity contribution in [2.75, 3.05) is 47.5 Å². The van der Waals surface area contributed by atoms with E-state index in [0.717, 1.165) is 51.4 Å². The monoisotopic (exact) mass is 1400 g/mol. The number of rotatable bonds is 81.